The summed E-state index contributed by atoms with van der Waals surface area (Å²) in [5, 5.41) is 2.89. The highest BCUT2D eigenvalue weighted by Crippen LogP contribution is 2.18. The molecule has 3 aromatic rings. The molecule has 148 valence electrons. The lowest BCUT2D eigenvalue weighted by Gasteiger charge is -2.11. The molecule has 3 rings (SSSR count). The Morgan fingerprint density at radius 2 is 2.00 bits per heavy atom. The summed E-state index contributed by atoms with van der Waals surface area (Å²) in [5.74, 6) is 0.262. The number of nitrogens with one attached hydrogen (secondary N) is 1. The first-order valence-corrected chi connectivity index (χ1v) is 9.43. The zero-order chi connectivity index (χ0) is 20.1. The van der Waals surface area contributed by atoms with Crippen molar-refractivity contribution in [3.8, 4) is 0 Å². The number of aryl methyl sites for hydroxylation is 3. The molecule has 3 N–H and O–H groups in total. The van der Waals surface area contributed by atoms with E-state index in [0.717, 1.165) is 23.1 Å². The summed E-state index contributed by atoms with van der Waals surface area (Å²) >= 11 is 5.86. The van der Waals surface area contributed by atoms with Crippen LogP contribution in [0.2, 0.25) is 5.28 Å². The van der Waals surface area contributed by atoms with Gasteiger partial charge in [-0.3, -0.25) is 0 Å². The number of benzene rings is 1. The number of unbranched alkanes of at least 4 members (excludes halogenated alkanes) is 1. The maximum absolute atomic E-state index is 11.9. The van der Waals surface area contributed by atoms with Gasteiger partial charge in [-0.05, 0) is 55.0 Å². The standard InChI is InChI=1S/C19H23ClN6O2/c1-12-6-5-7-13(2)14(12)10-22-19(27)28-9-4-3-8-26-11-23-15-16(21)24-18(20)25-17(15)26/h5-7,11H,3-4,8-10H2,1-2H3,(H,22,27)(H2,21,24,25). The molecule has 0 aliphatic heterocycles. The second-order valence-corrected chi connectivity index (χ2v) is 6.89. The minimum absolute atomic E-state index is 0.0932. The molecule has 28 heavy (non-hydrogen) atoms. The summed E-state index contributed by atoms with van der Waals surface area (Å²) in [7, 11) is 0. The lowest BCUT2D eigenvalue weighted by atomic mass is 10.0. The topological polar surface area (TPSA) is 108 Å². The molecule has 0 spiro atoms. The molecule has 0 aliphatic rings. The smallest absolute Gasteiger partial charge is 0.407 e. The molecular formula is C19H23ClN6O2. The number of hydrogen-bond acceptors (Lipinski definition) is 6. The van der Waals surface area contributed by atoms with Gasteiger partial charge in [0.25, 0.3) is 0 Å². The minimum Gasteiger partial charge on any atom is -0.450 e. The molecular weight excluding hydrogens is 380 g/mol. The zero-order valence-electron chi connectivity index (χ0n) is 15.9. The van der Waals surface area contributed by atoms with Gasteiger partial charge < -0.3 is 20.4 Å². The number of anilines is 1. The van der Waals surface area contributed by atoms with E-state index in [1.165, 1.54) is 0 Å². The Balaban J connectivity index is 1.41. The molecule has 0 saturated heterocycles. The predicted molar refractivity (Wildman–Crippen MR) is 108 cm³/mol. The number of rotatable bonds is 7. The van der Waals surface area contributed by atoms with Crippen LogP contribution in [0.4, 0.5) is 10.6 Å². The highest BCUT2D eigenvalue weighted by molar-refractivity contribution is 6.28. The van der Waals surface area contributed by atoms with Gasteiger partial charge in [-0.15, -0.1) is 0 Å². The number of alkyl carbamates (subject to hydrolysis) is 1. The summed E-state index contributed by atoms with van der Waals surface area (Å²) in [6.07, 6.45) is 2.74. The summed E-state index contributed by atoms with van der Waals surface area (Å²) < 4.78 is 7.11. The second-order valence-electron chi connectivity index (χ2n) is 6.55. The average Bonchev–Trinajstić information content (AvgIpc) is 3.04. The maximum Gasteiger partial charge on any atom is 0.407 e. The Kier molecular flexibility index (Phi) is 6.30. The summed E-state index contributed by atoms with van der Waals surface area (Å²) in [4.78, 5) is 24.2. The molecule has 8 nitrogen and oxygen atoms in total. The predicted octanol–water partition coefficient (Wildman–Crippen LogP) is 3.39. The highest BCUT2D eigenvalue weighted by Gasteiger charge is 2.10. The molecule has 1 aromatic carbocycles. The molecule has 0 unspecified atom stereocenters. The molecule has 0 atom stereocenters. The van der Waals surface area contributed by atoms with Gasteiger partial charge in [0.05, 0.1) is 12.9 Å². The molecule has 2 heterocycles. The number of halogens is 1. The van der Waals surface area contributed by atoms with Crippen LogP contribution < -0.4 is 11.1 Å². The van der Waals surface area contributed by atoms with Gasteiger partial charge in [0.15, 0.2) is 11.5 Å². The third-order valence-electron chi connectivity index (χ3n) is 4.54. The van der Waals surface area contributed by atoms with Crippen LogP contribution in [0.1, 0.15) is 29.5 Å². The Labute approximate surface area is 168 Å². The number of fused-ring (bicyclic) bond motifs is 1. The number of ether oxygens (including phenoxy) is 1. The number of carbonyl (C=O) groups excluding carboxylic acids is 1. The fourth-order valence-corrected chi connectivity index (χ4v) is 3.16. The number of carbonyl (C=O) groups is 1. The van der Waals surface area contributed by atoms with Gasteiger partial charge in [0.1, 0.15) is 5.52 Å². The second kappa shape index (κ2) is 8.88. The first-order chi connectivity index (χ1) is 13.5. The molecule has 1 amide bonds. The van der Waals surface area contributed by atoms with Crippen LogP contribution in [-0.4, -0.2) is 32.2 Å². The van der Waals surface area contributed by atoms with E-state index in [0.29, 0.717) is 37.3 Å². The number of nitrogens with zero attached hydrogens (tertiary/aromatic N) is 4. The first kappa shape index (κ1) is 19.9. The third kappa shape index (κ3) is 4.69. The number of imidazole rings is 1. The average molecular weight is 403 g/mol. The fraction of sp³-hybridized carbons (Fsp3) is 0.368. The Morgan fingerprint density at radius 1 is 1.25 bits per heavy atom. The van der Waals surface area contributed by atoms with Crippen molar-refractivity contribution in [3.63, 3.8) is 0 Å². The number of hydrogen-bond donors (Lipinski definition) is 2. The van der Waals surface area contributed by atoms with E-state index in [1.54, 1.807) is 6.33 Å². The van der Waals surface area contributed by atoms with Gasteiger partial charge >= 0.3 is 6.09 Å². The van der Waals surface area contributed by atoms with E-state index < -0.39 is 6.09 Å². The van der Waals surface area contributed by atoms with Crippen LogP contribution in [0.25, 0.3) is 11.2 Å². The molecule has 0 bridgehead atoms. The van der Waals surface area contributed by atoms with Crippen molar-refractivity contribution in [2.24, 2.45) is 0 Å². The van der Waals surface area contributed by atoms with Crippen molar-refractivity contribution >= 4 is 34.7 Å². The van der Waals surface area contributed by atoms with Crippen LogP contribution in [-0.2, 0) is 17.8 Å². The lowest BCUT2D eigenvalue weighted by Crippen LogP contribution is -2.25. The van der Waals surface area contributed by atoms with Gasteiger partial charge in [0.2, 0.25) is 5.28 Å². The molecule has 0 saturated carbocycles. The summed E-state index contributed by atoms with van der Waals surface area (Å²) in [5.41, 5.74) is 10.3. The molecule has 0 radical (unpaired) electrons. The normalized spacial score (nSPS) is 11.0. The fourth-order valence-electron chi connectivity index (χ4n) is 2.99. The van der Waals surface area contributed by atoms with E-state index >= 15 is 0 Å². The minimum atomic E-state index is -0.414. The first-order valence-electron chi connectivity index (χ1n) is 9.05. The molecule has 9 heteroatoms. The maximum atomic E-state index is 11.9. The van der Waals surface area contributed by atoms with Crippen LogP contribution in [0.5, 0.6) is 0 Å². The van der Waals surface area contributed by atoms with Crippen LogP contribution in [0.15, 0.2) is 24.5 Å². The SMILES string of the molecule is Cc1cccc(C)c1CNC(=O)OCCCCn1cnc2c(N)nc(Cl)nc21. The van der Waals surface area contributed by atoms with E-state index in [1.807, 2.05) is 36.6 Å². The van der Waals surface area contributed by atoms with E-state index in [-0.39, 0.29) is 11.1 Å². The lowest BCUT2D eigenvalue weighted by molar-refractivity contribution is 0.143. The van der Waals surface area contributed by atoms with Crippen LogP contribution in [0.3, 0.4) is 0 Å². The van der Waals surface area contributed by atoms with Gasteiger partial charge in [-0.2, -0.15) is 9.97 Å². The van der Waals surface area contributed by atoms with Crippen molar-refractivity contribution in [2.45, 2.75) is 39.8 Å². The molecule has 2 aromatic heterocycles. The van der Waals surface area contributed by atoms with Crippen LogP contribution in [0, 0.1) is 13.8 Å². The Morgan fingerprint density at radius 3 is 2.75 bits per heavy atom. The number of nitrogen functional groups attached to an aromatic ring is 1. The zero-order valence-corrected chi connectivity index (χ0v) is 16.7. The van der Waals surface area contributed by atoms with Crippen molar-refractivity contribution in [3.05, 3.63) is 46.5 Å². The Hall–Kier alpha value is -2.87. The van der Waals surface area contributed by atoms with Crippen LogP contribution >= 0.6 is 11.6 Å². The van der Waals surface area contributed by atoms with Gasteiger partial charge in [-0.25, -0.2) is 9.78 Å². The van der Waals surface area contributed by atoms with Crippen molar-refractivity contribution in [2.75, 3.05) is 12.3 Å². The van der Waals surface area contributed by atoms with Crippen molar-refractivity contribution in [1.29, 1.82) is 0 Å². The van der Waals surface area contributed by atoms with E-state index in [4.69, 9.17) is 22.1 Å². The number of nitrogens with two attached hydrogens (primary N) is 1. The molecule has 0 aliphatic carbocycles. The summed E-state index contributed by atoms with van der Waals surface area (Å²) in [6, 6.07) is 6.06. The third-order valence-corrected chi connectivity index (χ3v) is 4.71. The Bertz CT molecular complexity index is 968. The van der Waals surface area contributed by atoms with Crippen molar-refractivity contribution < 1.29 is 9.53 Å². The van der Waals surface area contributed by atoms with E-state index in [9.17, 15) is 4.79 Å². The largest absolute Gasteiger partial charge is 0.450 e. The molecule has 0 fully saturated rings. The summed E-state index contributed by atoms with van der Waals surface area (Å²) in [6.45, 7) is 5.52. The van der Waals surface area contributed by atoms with Gasteiger partial charge in [0, 0.05) is 13.1 Å². The van der Waals surface area contributed by atoms with Crippen molar-refractivity contribution in [1.82, 2.24) is 24.8 Å². The number of amides is 1. The quantitative estimate of drug-likeness (QED) is 0.463. The van der Waals surface area contributed by atoms with E-state index in [2.05, 4.69) is 20.3 Å². The number of aromatic nitrogens is 4. The highest BCUT2D eigenvalue weighted by atomic mass is 35.5. The van der Waals surface area contributed by atoms with Gasteiger partial charge in [-0.1, -0.05) is 18.2 Å². The monoisotopic (exact) mass is 402 g/mol.